The molecular formula is C23H26N4O4. The molecule has 0 saturated carbocycles. The van der Waals surface area contributed by atoms with Crippen LogP contribution in [-0.4, -0.2) is 39.3 Å². The van der Waals surface area contributed by atoms with E-state index in [1.54, 1.807) is 19.4 Å². The highest BCUT2D eigenvalue weighted by atomic mass is 16.6. The number of aromatic nitrogens is 3. The molecule has 8 nitrogen and oxygen atoms in total. The first-order chi connectivity index (χ1) is 15.0. The van der Waals surface area contributed by atoms with Gasteiger partial charge in [-0.25, -0.2) is 4.98 Å². The van der Waals surface area contributed by atoms with Gasteiger partial charge in [0, 0.05) is 42.9 Å². The van der Waals surface area contributed by atoms with Gasteiger partial charge in [-0.1, -0.05) is 12.1 Å². The number of hydrogen-bond acceptors (Lipinski definition) is 5. The molecule has 1 N–H and O–H groups in total. The highest BCUT2D eigenvalue weighted by Crippen LogP contribution is 2.31. The monoisotopic (exact) mass is 422 g/mol. The quantitative estimate of drug-likeness (QED) is 0.591. The number of rotatable bonds is 7. The third-order valence-electron chi connectivity index (χ3n) is 5.40. The maximum atomic E-state index is 12.8. The van der Waals surface area contributed by atoms with Crippen LogP contribution in [0.2, 0.25) is 0 Å². The molecule has 3 aromatic rings. The molecule has 0 saturated heterocycles. The van der Waals surface area contributed by atoms with E-state index in [0.717, 1.165) is 24.4 Å². The van der Waals surface area contributed by atoms with Gasteiger partial charge in [-0.2, -0.15) is 0 Å². The number of amides is 1. The van der Waals surface area contributed by atoms with E-state index in [-0.39, 0.29) is 23.0 Å². The standard InChI is InChI=1S/C23H26N4O4/c1-16-12-19(28)22(23(29)25-8-5-10-26-11-9-24-15-26)17(2)27(16)13-18-14-30-20-6-3-4-7-21(20)31-18/h3-4,6-7,9,11-12,15,18H,5,8,10,13-14H2,1-2H3,(H,25,29). The van der Waals surface area contributed by atoms with Crippen molar-refractivity contribution in [3.8, 4) is 11.5 Å². The molecule has 31 heavy (non-hydrogen) atoms. The highest BCUT2D eigenvalue weighted by Gasteiger charge is 2.24. The smallest absolute Gasteiger partial charge is 0.257 e. The molecule has 8 heteroatoms. The second kappa shape index (κ2) is 9.07. The van der Waals surface area contributed by atoms with Gasteiger partial charge < -0.3 is 23.9 Å². The van der Waals surface area contributed by atoms with Crippen LogP contribution >= 0.6 is 0 Å². The molecule has 162 valence electrons. The number of hydrogen-bond donors (Lipinski definition) is 1. The number of benzene rings is 1. The lowest BCUT2D eigenvalue weighted by Gasteiger charge is -2.28. The molecule has 0 radical (unpaired) electrons. The Morgan fingerprint density at radius 1 is 1.26 bits per heavy atom. The van der Waals surface area contributed by atoms with Crippen molar-refractivity contribution in [2.75, 3.05) is 13.2 Å². The minimum atomic E-state index is -0.354. The molecule has 0 aliphatic carbocycles. The number of nitrogens with zero attached hydrogens (tertiary/aromatic N) is 3. The van der Waals surface area contributed by atoms with Crippen molar-refractivity contribution in [1.29, 1.82) is 0 Å². The van der Waals surface area contributed by atoms with E-state index < -0.39 is 0 Å². The Labute approximate surface area is 180 Å². The van der Waals surface area contributed by atoms with Crippen molar-refractivity contribution in [3.63, 3.8) is 0 Å². The third kappa shape index (κ3) is 4.63. The fourth-order valence-electron chi connectivity index (χ4n) is 3.80. The second-order valence-electron chi connectivity index (χ2n) is 7.63. The predicted molar refractivity (Wildman–Crippen MR) is 116 cm³/mol. The van der Waals surface area contributed by atoms with Crippen molar-refractivity contribution in [2.24, 2.45) is 0 Å². The van der Waals surface area contributed by atoms with E-state index in [4.69, 9.17) is 9.47 Å². The van der Waals surface area contributed by atoms with E-state index in [1.165, 1.54) is 6.07 Å². The number of ether oxygens (including phenoxy) is 2. The average molecular weight is 422 g/mol. The summed E-state index contributed by atoms with van der Waals surface area (Å²) in [5, 5.41) is 2.86. The second-order valence-corrected chi connectivity index (χ2v) is 7.63. The number of nitrogens with one attached hydrogen (secondary N) is 1. The molecule has 4 rings (SSSR count). The minimum Gasteiger partial charge on any atom is -0.486 e. The maximum absolute atomic E-state index is 12.8. The third-order valence-corrected chi connectivity index (χ3v) is 5.40. The molecule has 1 amide bonds. The van der Waals surface area contributed by atoms with Gasteiger partial charge in [0.25, 0.3) is 5.91 Å². The van der Waals surface area contributed by atoms with Gasteiger partial charge in [-0.05, 0) is 32.4 Å². The molecule has 0 bridgehead atoms. The van der Waals surface area contributed by atoms with Crippen LogP contribution in [0, 0.1) is 13.8 Å². The first kappa shape index (κ1) is 20.7. The van der Waals surface area contributed by atoms with Crippen molar-refractivity contribution in [3.05, 3.63) is 76.2 Å². The molecule has 0 spiro atoms. The van der Waals surface area contributed by atoms with Gasteiger partial charge in [-0.15, -0.1) is 0 Å². The number of pyridine rings is 1. The molecule has 1 aromatic carbocycles. The summed E-state index contributed by atoms with van der Waals surface area (Å²) in [6.45, 7) is 5.76. The first-order valence-electron chi connectivity index (χ1n) is 10.4. The maximum Gasteiger partial charge on any atom is 0.257 e. The first-order valence-corrected chi connectivity index (χ1v) is 10.4. The molecule has 3 heterocycles. The summed E-state index contributed by atoms with van der Waals surface area (Å²) in [6, 6.07) is 9.05. The molecule has 1 aliphatic rings. The summed E-state index contributed by atoms with van der Waals surface area (Å²) in [5.41, 5.74) is 1.30. The summed E-state index contributed by atoms with van der Waals surface area (Å²) in [7, 11) is 0. The summed E-state index contributed by atoms with van der Waals surface area (Å²) < 4.78 is 15.8. The van der Waals surface area contributed by atoms with Gasteiger partial charge in [0.05, 0.1) is 12.9 Å². The van der Waals surface area contributed by atoms with Crippen LogP contribution in [0.4, 0.5) is 0 Å². The van der Waals surface area contributed by atoms with Crippen LogP contribution in [-0.2, 0) is 13.1 Å². The Morgan fingerprint density at radius 2 is 2.06 bits per heavy atom. The number of fused-ring (bicyclic) bond motifs is 1. The Bertz CT molecular complexity index is 1120. The lowest BCUT2D eigenvalue weighted by atomic mass is 10.1. The molecule has 1 unspecified atom stereocenters. The fourth-order valence-corrected chi connectivity index (χ4v) is 3.80. The van der Waals surface area contributed by atoms with E-state index in [1.807, 2.05) is 46.5 Å². The van der Waals surface area contributed by atoms with Gasteiger partial charge in [0.2, 0.25) is 0 Å². The van der Waals surface area contributed by atoms with Crippen molar-refractivity contribution in [2.45, 2.75) is 39.5 Å². The topological polar surface area (TPSA) is 87.4 Å². The van der Waals surface area contributed by atoms with Crippen LogP contribution in [0.1, 0.15) is 28.2 Å². The van der Waals surface area contributed by atoms with E-state index >= 15 is 0 Å². The molecule has 2 aromatic heterocycles. The van der Waals surface area contributed by atoms with Gasteiger partial charge in [-0.3, -0.25) is 9.59 Å². The molecular weight excluding hydrogens is 396 g/mol. The average Bonchev–Trinajstić information content (AvgIpc) is 3.27. The Kier molecular flexibility index (Phi) is 6.06. The van der Waals surface area contributed by atoms with Crippen LogP contribution in [0.3, 0.4) is 0 Å². The van der Waals surface area contributed by atoms with Crippen molar-refractivity contribution >= 4 is 5.91 Å². The lowest BCUT2D eigenvalue weighted by Crippen LogP contribution is -2.37. The van der Waals surface area contributed by atoms with E-state index in [9.17, 15) is 9.59 Å². The molecule has 0 fully saturated rings. The Balaban J connectivity index is 1.45. The molecule has 1 atom stereocenters. The zero-order valence-electron chi connectivity index (χ0n) is 17.7. The Hall–Kier alpha value is -3.55. The number of carbonyl (C=O) groups excluding carboxylic acids is 1. The predicted octanol–water partition coefficient (Wildman–Crippen LogP) is 2.32. The number of aryl methyl sites for hydroxylation is 2. The number of para-hydroxylation sites is 2. The van der Waals surface area contributed by atoms with Crippen LogP contribution in [0.25, 0.3) is 0 Å². The Morgan fingerprint density at radius 3 is 2.84 bits per heavy atom. The van der Waals surface area contributed by atoms with Gasteiger partial charge >= 0.3 is 0 Å². The highest BCUT2D eigenvalue weighted by molar-refractivity contribution is 5.95. The minimum absolute atomic E-state index is 0.172. The molecule has 1 aliphatic heterocycles. The summed E-state index contributed by atoms with van der Waals surface area (Å²) in [4.78, 5) is 29.4. The largest absolute Gasteiger partial charge is 0.486 e. The van der Waals surface area contributed by atoms with Crippen LogP contribution in [0.5, 0.6) is 11.5 Å². The fraction of sp³-hybridized carbons (Fsp3) is 0.348. The van der Waals surface area contributed by atoms with Crippen molar-refractivity contribution < 1.29 is 14.3 Å². The summed E-state index contributed by atoms with van der Waals surface area (Å²) >= 11 is 0. The number of carbonyl (C=O) groups is 1. The van der Waals surface area contributed by atoms with Gasteiger partial charge in [0.1, 0.15) is 12.2 Å². The van der Waals surface area contributed by atoms with Gasteiger partial charge in [0.15, 0.2) is 23.0 Å². The normalized spacial score (nSPS) is 15.0. The van der Waals surface area contributed by atoms with E-state index in [0.29, 0.717) is 31.1 Å². The van der Waals surface area contributed by atoms with Crippen LogP contribution in [0.15, 0.2) is 53.8 Å². The zero-order chi connectivity index (χ0) is 21.8. The summed E-state index contributed by atoms with van der Waals surface area (Å²) in [6.07, 6.45) is 5.85. The summed E-state index contributed by atoms with van der Waals surface area (Å²) in [5.74, 6) is 1.07. The number of imidazole rings is 1. The lowest BCUT2D eigenvalue weighted by molar-refractivity contribution is 0.0773. The zero-order valence-corrected chi connectivity index (χ0v) is 17.7. The van der Waals surface area contributed by atoms with E-state index in [2.05, 4.69) is 10.3 Å². The van der Waals surface area contributed by atoms with Crippen molar-refractivity contribution in [1.82, 2.24) is 19.4 Å². The van der Waals surface area contributed by atoms with Crippen LogP contribution < -0.4 is 20.2 Å². The SMILES string of the molecule is Cc1cc(=O)c(C(=O)NCCCn2ccnc2)c(C)n1CC1COc2ccccc2O1.